The van der Waals surface area contributed by atoms with E-state index in [0.717, 1.165) is 6.07 Å². The highest BCUT2D eigenvalue weighted by Crippen LogP contribution is 2.12. The molecule has 1 amide bonds. The number of aliphatic hydroxyl groups is 1. The third kappa shape index (κ3) is 4.03. The van der Waals surface area contributed by atoms with Crippen LogP contribution >= 0.6 is 0 Å². The summed E-state index contributed by atoms with van der Waals surface area (Å²) >= 11 is 0. The SMILES string of the molecule is CC(CCCO)NC(=O)c1ccc(N)c(F)c1. The molecule has 0 radical (unpaired) electrons. The van der Waals surface area contributed by atoms with Gasteiger partial charge < -0.3 is 16.2 Å². The average molecular weight is 240 g/mol. The van der Waals surface area contributed by atoms with Crippen LogP contribution in [0.15, 0.2) is 18.2 Å². The number of rotatable bonds is 5. The predicted molar refractivity (Wildman–Crippen MR) is 64.1 cm³/mol. The molecule has 1 atom stereocenters. The van der Waals surface area contributed by atoms with Gasteiger partial charge in [0.2, 0.25) is 0 Å². The van der Waals surface area contributed by atoms with E-state index in [4.69, 9.17) is 10.8 Å². The lowest BCUT2D eigenvalue weighted by Gasteiger charge is -2.13. The van der Waals surface area contributed by atoms with Gasteiger partial charge in [0.25, 0.3) is 5.91 Å². The summed E-state index contributed by atoms with van der Waals surface area (Å²) in [7, 11) is 0. The Balaban J connectivity index is 2.60. The van der Waals surface area contributed by atoms with Gasteiger partial charge in [-0.15, -0.1) is 0 Å². The fraction of sp³-hybridized carbons (Fsp3) is 0.417. The van der Waals surface area contributed by atoms with Crippen LogP contribution in [0.2, 0.25) is 0 Å². The molecule has 1 rings (SSSR count). The summed E-state index contributed by atoms with van der Waals surface area (Å²) in [5, 5.41) is 11.4. The zero-order valence-electron chi connectivity index (χ0n) is 9.74. The van der Waals surface area contributed by atoms with Gasteiger partial charge in [-0.3, -0.25) is 4.79 Å². The molecular weight excluding hydrogens is 223 g/mol. The first-order chi connectivity index (χ1) is 8.04. The summed E-state index contributed by atoms with van der Waals surface area (Å²) < 4.78 is 13.1. The van der Waals surface area contributed by atoms with Crippen LogP contribution in [0.5, 0.6) is 0 Å². The lowest BCUT2D eigenvalue weighted by molar-refractivity contribution is 0.0936. The largest absolute Gasteiger partial charge is 0.396 e. The second kappa shape index (κ2) is 6.20. The zero-order valence-corrected chi connectivity index (χ0v) is 9.74. The van der Waals surface area contributed by atoms with Gasteiger partial charge in [-0.1, -0.05) is 0 Å². The van der Waals surface area contributed by atoms with Gasteiger partial charge in [-0.05, 0) is 38.0 Å². The molecule has 0 bridgehead atoms. The van der Waals surface area contributed by atoms with Crippen molar-refractivity contribution in [3.05, 3.63) is 29.6 Å². The fourth-order valence-electron chi connectivity index (χ4n) is 1.45. The molecule has 1 aromatic carbocycles. The fourth-order valence-corrected chi connectivity index (χ4v) is 1.45. The maximum Gasteiger partial charge on any atom is 0.251 e. The lowest BCUT2D eigenvalue weighted by atomic mass is 10.1. The Hall–Kier alpha value is -1.62. The first-order valence-electron chi connectivity index (χ1n) is 5.51. The highest BCUT2D eigenvalue weighted by Gasteiger charge is 2.11. The number of hydrogen-bond acceptors (Lipinski definition) is 3. The van der Waals surface area contributed by atoms with Crippen LogP contribution in [0, 0.1) is 5.82 Å². The number of halogens is 1. The van der Waals surface area contributed by atoms with E-state index in [0.29, 0.717) is 12.8 Å². The van der Waals surface area contributed by atoms with Crippen molar-refractivity contribution >= 4 is 11.6 Å². The molecule has 0 aliphatic carbocycles. The van der Waals surface area contributed by atoms with Gasteiger partial charge in [0, 0.05) is 18.2 Å². The standard InChI is InChI=1S/C12H17FN2O2/c1-8(3-2-6-16)15-12(17)9-4-5-11(14)10(13)7-9/h4-5,7-8,16H,2-3,6,14H2,1H3,(H,15,17). The molecule has 0 aromatic heterocycles. The van der Waals surface area contributed by atoms with Crippen LogP contribution < -0.4 is 11.1 Å². The van der Waals surface area contributed by atoms with Crippen molar-refractivity contribution < 1.29 is 14.3 Å². The topological polar surface area (TPSA) is 75.3 Å². The molecule has 0 fully saturated rings. The molecule has 0 aliphatic rings. The number of nitrogen functional groups attached to an aromatic ring is 1. The van der Waals surface area contributed by atoms with Crippen LogP contribution in [-0.4, -0.2) is 23.7 Å². The number of hydrogen-bond donors (Lipinski definition) is 3. The van der Waals surface area contributed by atoms with E-state index in [1.165, 1.54) is 12.1 Å². The monoisotopic (exact) mass is 240 g/mol. The summed E-state index contributed by atoms with van der Waals surface area (Å²) in [4.78, 5) is 11.7. The number of carbonyl (C=O) groups is 1. The maximum absolute atomic E-state index is 13.1. The number of nitrogens with one attached hydrogen (secondary N) is 1. The third-order valence-electron chi connectivity index (χ3n) is 2.44. The predicted octanol–water partition coefficient (Wildman–Crippen LogP) is 1.30. The Morgan fingerprint density at radius 2 is 2.29 bits per heavy atom. The summed E-state index contributed by atoms with van der Waals surface area (Å²) in [5.74, 6) is -0.935. The molecule has 4 N–H and O–H groups in total. The Morgan fingerprint density at radius 1 is 1.59 bits per heavy atom. The van der Waals surface area contributed by atoms with E-state index in [1.54, 1.807) is 0 Å². The quantitative estimate of drug-likeness (QED) is 0.679. The third-order valence-corrected chi connectivity index (χ3v) is 2.44. The molecule has 0 heterocycles. The first-order valence-corrected chi connectivity index (χ1v) is 5.51. The van der Waals surface area contributed by atoms with Gasteiger partial charge in [0.15, 0.2) is 0 Å². The minimum atomic E-state index is -0.597. The number of nitrogens with two attached hydrogens (primary N) is 1. The molecule has 17 heavy (non-hydrogen) atoms. The second-order valence-corrected chi connectivity index (χ2v) is 3.98. The maximum atomic E-state index is 13.1. The Labute approximate surface area is 99.6 Å². The molecule has 0 saturated heterocycles. The van der Waals surface area contributed by atoms with Crippen molar-refractivity contribution in [2.24, 2.45) is 0 Å². The van der Waals surface area contributed by atoms with Crippen molar-refractivity contribution in [3.63, 3.8) is 0 Å². The number of benzene rings is 1. The summed E-state index contributed by atoms with van der Waals surface area (Å²) in [6.07, 6.45) is 1.30. The van der Waals surface area contributed by atoms with E-state index in [-0.39, 0.29) is 29.8 Å². The van der Waals surface area contributed by atoms with Crippen molar-refractivity contribution in [2.45, 2.75) is 25.8 Å². The van der Waals surface area contributed by atoms with E-state index in [1.807, 2.05) is 6.92 Å². The zero-order chi connectivity index (χ0) is 12.8. The molecule has 94 valence electrons. The van der Waals surface area contributed by atoms with Gasteiger partial charge in [-0.25, -0.2) is 4.39 Å². The Kier molecular flexibility index (Phi) is 4.90. The van der Waals surface area contributed by atoms with Gasteiger partial charge in [-0.2, -0.15) is 0 Å². The van der Waals surface area contributed by atoms with Crippen molar-refractivity contribution in [1.29, 1.82) is 0 Å². The molecule has 0 spiro atoms. The number of aliphatic hydroxyl groups excluding tert-OH is 1. The van der Waals surface area contributed by atoms with E-state index >= 15 is 0 Å². The smallest absolute Gasteiger partial charge is 0.251 e. The molecule has 4 nitrogen and oxygen atoms in total. The second-order valence-electron chi connectivity index (χ2n) is 3.98. The minimum absolute atomic E-state index is 0.0230. The number of anilines is 1. The van der Waals surface area contributed by atoms with Crippen LogP contribution in [0.3, 0.4) is 0 Å². The number of carbonyl (C=O) groups excluding carboxylic acids is 1. The summed E-state index contributed by atoms with van der Waals surface area (Å²) in [5.41, 5.74) is 5.59. The normalized spacial score (nSPS) is 12.2. The van der Waals surface area contributed by atoms with Crippen LogP contribution in [0.1, 0.15) is 30.1 Å². The van der Waals surface area contributed by atoms with Crippen molar-refractivity contribution in [2.75, 3.05) is 12.3 Å². The van der Waals surface area contributed by atoms with Crippen LogP contribution in [0.4, 0.5) is 10.1 Å². The molecule has 0 aliphatic heterocycles. The Bertz CT molecular complexity index is 396. The highest BCUT2D eigenvalue weighted by molar-refractivity contribution is 5.94. The van der Waals surface area contributed by atoms with Crippen molar-refractivity contribution in [3.8, 4) is 0 Å². The van der Waals surface area contributed by atoms with E-state index in [9.17, 15) is 9.18 Å². The molecule has 1 unspecified atom stereocenters. The number of amides is 1. The van der Waals surface area contributed by atoms with Gasteiger partial charge >= 0.3 is 0 Å². The molecule has 5 heteroatoms. The highest BCUT2D eigenvalue weighted by atomic mass is 19.1. The molecule has 1 aromatic rings. The van der Waals surface area contributed by atoms with E-state index < -0.39 is 5.82 Å². The van der Waals surface area contributed by atoms with Crippen LogP contribution in [0.25, 0.3) is 0 Å². The van der Waals surface area contributed by atoms with Crippen molar-refractivity contribution in [1.82, 2.24) is 5.32 Å². The summed E-state index contributed by atoms with van der Waals surface area (Å²) in [6.45, 7) is 1.93. The minimum Gasteiger partial charge on any atom is -0.396 e. The molecular formula is C12H17FN2O2. The Morgan fingerprint density at radius 3 is 2.88 bits per heavy atom. The summed E-state index contributed by atoms with van der Waals surface area (Å²) in [6, 6.07) is 3.90. The molecule has 0 saturated carbocycles. The van der Waals surface area contributed by atoms with E-state index in [2.05, 4.69) is 5.32 Å². The van der Waals surface area contributed by atoms with Crippen LogP contribution in [-0.2, 0) is 0 Å². The van der Waals surface area contributed by atoms with Gasteiger partial charge in [0.05, 0.1) is 5.69 Å². The average Bonchev–Trinajstić information content (AvgIpc) is 2.30. The lowest BCUT2D eigenvalue weighted by Crippen LogP contribution is -2.32. The first kappa shape index (κ1) is 13.4. The van der Waals surface area contributed by atoms with Gasteiger partial charge in [0.1, 0.15) is 5.82 Å².